The molecule has 104 valence electrons. The van der Waals surface area contributed by atoms with Gasteiger partial charge in [0.05, 0.1) is 19.1 Å². The van der Waals surface area contributed by atoms with Gasteiger partial charge in [-0.15, -0.1) is 0 Å². The van der Waals surface area contributed by atoms with Crippen molar-refractivity contribution in [1.29, 1.82) is 0 Å². The topological polar surface area (TPSA) is 44.1 Å². The predicted octanol–water partition coefficient (Wildman–Crippen LogP) is 2.70. The first-order chi connectivity index (χ1) is 9.72. The third-order valence-electron chi connectivity index (χ3n) is 3.94. The number of carbonyl (C=O) groups is 1. The highest BCUT2D eigenvalue weighted by Crippen LogP contribution is 2.55. The van der Waals surface area contributed by atoms with Crippen LogP contribution in [0.15, 0.2) is 42.9 Å². The van der Waals surface area contributed by atoms with E-state index in [0.29, 0.717) is 0 Å². The lowest BCUT2D eigenvalue weighted by Crippen LogP contribution is -2.25. The molecule has 0 saturated heterocycles. The molecule has 0 N–H and O–H groups in total. The van der Waals surface area contributed by atoms with Gasteiger partial charge < -0.3 is 9.30 Å². The minimum Gasteiger partial charge on any atom is -0.468 e. The van der Waals surface area contributed by atoms with Crippen LogP contribution in [0.25, 0.3) is 5.69 Å². The summed E-state index contributed by atoms with van der Waals surface area (Å²) in [6, 6.07) is 9.93. The third-order valence-corrected chi connectivity index (χ3v) is 4.72. The molecule has 1 heterocycles. The molecule has 2 atom stereocenters. The van der Waals surface area contributed by atoms with Crippen LogP contribution in [0.1, 0.15) is 12.1 Å². The van der Waals surface area contributed by atoms with Crippen molar-refractivity contribution in [2.24, 2.45) is 5.92 Å². The second-order valence-corrected chi connectivity index (χ2v) is 5.67. The molecule has 2 aromatic rings. The van der Waals surface area contributed by atoms with Crippen molar-refractivity contribution < 1.29 is 9.53 Å². The summed E-state index contributed by atoms with van der Waals surface area (Å²) < 4.78 is 6.90. The van der Waals surface area contributed by atoms with Gasteiger partial charge in [0.15, 0.2) is 0 Å². The fourth-order valence-electron chi connectivity index (χ4n) is 2.66. The van der Waals surface area contributed by atoms with E-state index in [9.17, 15) is 4.79 Å². The van der Waals surface area contributed by atoms with E-state index in [4.69, 9.17) is 4.74 Å². The number of hydrogen-bond donors (Lipinski definition) is 0. The lowest BCUT2D eigenvalue weighted by molar-refractivity contribution is -0.144. The Kier molecular flexibility index (Phi) is 3.38. The maximum absolute atomic E-state index is 12.1. The molecule has 5 heteroatoms. The molecule has 3 rings (SSSR count). The Morgan fingerprint density at radius 3 is 2.85 bits per heavy atom. The number of nitrogens with zero attached hydrogens (tertiary/aromatic N) is 2. The number of hydrogen-bond acceptors (Lipinski definition) is 3. The third kappa shape index (κ3) is 1.97. The van der Waals surface area contributed by atoms with Gasteiger partial charge in [0.25, 0.3) is 0 Å². The summed E-state index contributed by atoms with van der Waals surface area (Å²) >= 11 is 3.46. The smallest absolute Gasteiger partial charge is 0.318 e. The number of halogens is 1. The zero-order valence-corrected chi connectivity index (χ0v) is 12.7. The Bertz CT molecular complexity index is 626. The Morgan fingerprint density at radius 1 is 1.50 bits per heavy atom. The van der Waals surface area contributed by atoms with E-state index < -0.39 is 5.41 Å². The molecule has 0 aliphatic heterocycles. The van der Waals surface area contributed by atoms with Crippen LogP contribution in [0.3, 0.4) is 0 Å². The number of rotatable bonds is 4. The van der Waals surface area contributed by atoms with E-state index >= 15 is 0 Å². The molecule has 0 bridgehead atoms. The second kappa shape index (κ2) is 5.05. The highest BCUT2D eigenvalue weighted by Gasteiger charge is 2.63. The lowest BCUT2D eigenvalue weighted by atomic mass is 10.0. The van der Waals surface area contributed by atoms with Crippen LogP contribution >= 0.6 is 15.9 Å². The van der Waals surface area contributed by atoms with E-state index in [1.54, 1.807) is 6.33 Å². The number of imidazole rings is 1. The fraction of sp³-hybridized carbons (Fsp3) is 0.333. The van der Waals surface area contributed by atoms with Crippen LogP contribution in [0.5, 0.6) is 0 Å². The van der Waals surface area contributed by atoms with Crippen LogP contribution in [-0.4, -0.2) is 28.0 Å². The second-order valence-electron chi connectivity index (χ2n) is 5.02. The van der Waals surface area contributed by atoms with Crippen LogP contribution in [0, 0.1) is 5.92 Å². The average molecular weight is 335 g/mol. The van der Waals surface area contributed by atoms with Gasteiger partial charge in [0.1, 0.15) is 5.41 Å². The molecular weight excluding hydrogens is 320 g/mol. The molecule has 0 amide bonds. The van der Waals surface area contributed by atoms with Gasteiger partial charge >= 0.3 is 5.97 Å². The van der Waals surface area contributed by atoms with Gasteiger partial charge in [-0.25, -0.2) is 4.98 Å². The zero-order valence-electron chi connectivity index (χ0n) is 11.1. The van der Waals surface area contributed by atoms with Gasteiger partial charge in [-0.1, -0.05) is 34.1 Å². The summed E-state index contributed by atoms with van der Waals surface area (Å²) in [6.07, 6.45) is 4.46. The Morgan fingerprint density at radius 2 is 2.25 bits per heavy atom. The molecule has 0 unspecified atom stereocenters. The highest BCUT2D eigenvalue weighted by molar-refractivity contribution is 9.09. The van der Waals surface area contributed by atoms with E-state index in [1.165, 1.54) is 7.11 Å². The van der Waals surface area contributed by atoms with E-state index in [1.807, 2.05) is 41.1 Å². The first kappa shape index (κ1) is 13.4. The van der Waals surface area contributed by atoms with Crippen LogP contribution in [-0.2, 0) is 14.9 Å². The maximum atomic E-state index is 12.1. The Balaban J connectivity index is 1.95. The highest BCUT2D eigenvalue weighted by atomic mass is 79.9. The molecule has 0 spiro atoms. The SMILES string of the molecule is COC(=O)[C@]1(c2cn(-c3ccccc3)cn2)C[C@@H]1CBr. The average Bonchev–Trinajstić information content (AvgIpc) is 3.05. The standard InChI is InChI=1S/C15H15BrN2O2/c1-20-14(19)15(7-11(15)8-16)13-9-18(10-17-13)12-5-3-2-4-6-12/h2-6,9-11H,7-8H2,1H3/t11-,15-/m1/s1. The van der Waals surface area contributed by atoms with Gasteiger partial charge in [-0.3, -0.25) is 4.79 Å². The summed E-state index contributed by atoms with van der Waals surface area (Å²) in [5, 5.41) is 0.778. The molecule has 1 aliphatic rings. The molecular formula is C15H15BrN2O2. The fourth-order valence-corrected chi connectivity index (χ4v) is 3.44. The van der Waals surface area contributed by atoms with Crippen molar-refractivity contribution in [2.45, 2.75) is 11.8 Å². The minimum absolute atomic E-state index is 0.194. The molecule has 20 heavy (non-hydrogen) atoms. The number of para-hydroxylation sites is 1. The summed E-state index contributed by atoms with van der Waals surface area (Å²) in [7, 11) is 1.43. The number of methoxy groups -OCH3 is 1. The molecule has 4 nitrogen and oxygen atoms in total. The number of aromatic nitrogens is 2. The number of alkyl halides is 1. The zero-order chi connectivity index (χ0) is 14.2. The number of carbonyl (C=O) groups excluding carboxylic acids is 1. The van der Waals surface area contributed by atoms with E-state index in [2.05, 4.69) is 20.9 Å². The van der Waals surface area contributed by atoms with Crippen molar-refractivity contribution in [1.82, 2.24) is 9.55 Å². The summed E-state index contributed by atoms with van der Waals surface area (Å²) in [5.74, 6) is 0.0642. The summed E-state index contributed by atoms with van der Waals surface area (Å²) in [4.78, 5) is 16.6. The van der Waals surface area contributed by atoms with Crippen molar-refractivity contribution in [2.75, 3.05) is 12.4 Å². The van der Waals surface area contributed by atoms with Crippen molar-refractivity contribution >= 4 is 21.9 Å². The molecule has 1 saturated carbocycles. The number of esters is 1. The monoisotopic (exact) mass is 334 g/mol. The first-order valence-corrected chi connectivity index (χ1v) is 7.59. The van der Waals surface area contributed by atoms with Gasteiger partial charge in [0, 0.05) is 17.2 Å². The Labute approximate surface area is 125 Å². The number of benzene rings is 1. The van der Waals surface area contributed by atoms with E-state index in [0.717, 1.165) is 23.1 Å². The van der Waals surface area contributed by atoms with Crippen molar-refractivity contribution in [3.8, 4) is 5.69 Å². The quantitative estimate of drug-likeness (QED) is 0.637. The van der Waals surface area contributed by atoms with Crippen molar-refractivity contribution in [3.63, 3.8) is 0 Å². The largest absolute Gasteiger partial charge is 0.468 e. The number of ether oxygens (including phenoxy) is 1. The molecule has 1 aromatic carbocycles. The maximum Gasteiger partial charge on any atom is 0.318 e. The lowest BCUT2D eigenvalue weighted by Gasteiger charge is -2.11. The first-order valence-electron chi connectivity index (χ1n) is 6.46. The Hall–Kier alpha value is -1.62. The minimum atomic E-state index is -0.571. The summed E-state index contributed by atoms with van der Waals surface area (Å²) in [5.41, 5.74) is 1.25. The van der Waals surface area contributed by atoms with Gasteiger partial charge in [-0.05, 0) is 24.5 Å². The van der Waals surface area contributed by atoms with Crippen LogP contribution in [0.2, 0.25) is 0 Å². The van der Waals surface area contributed by atoms with Gasteiger partial charge in [-0.2, -0.15) is 0 Å². The van der Waals surface area contributed by atoms with Gasteiger partial charge in [0.2, 0.25) is 0 Å². The van der Waals surface area contributed by atoms with E-state index in [-0.39, 0.29) is 11.9 Å². The van der Waals surface area contributed by atoms with Crippen molar-refractivity contribution in [3.05, 3.63) is 48.5 Å². The summed E-state index contributed by atoms with van der Waals surface area (Å²) in [6.45, 7) is 0. The molecule has 0 radical (unpaired) electrons. The normalized spacial score (nSPS) is 24.4. The molecule has 1 aliphatic carbocycles. The molecule has 1 fully saturated rings. The molecule has 1 aromatic heterocycles. The van der Waals surface area contributed by atoms with Crippen LogP contribution in [0.4, 0.5) is 0 Å². The predicted molar refractivity (Wildman–Crippen MR) is 79.2 cm³/mol. The van der Waals surface area contributed by atoms with Crippen LogP contribution < -0.4 is 0 Å².